The van der Waals surface area contributed by atoms with Crippen molar-refractivity contribution in [3.8, 4) is 0 Å². The first-order valence-electron chi connectivity index (χ1n) is 5.47. The molecule has 1 heteroatoms. The molecule has 0 aromatic rings. The quantitative estimate of drug-likeness (QED) is 0.660. The van der Waals surface area contributed by atoms with Gasteiger partial charge >= 0.3 is 0 Å². The highest BCUT2D eigenvalue weighted by atomic mass is 14.9. The van der Waals surface area contributed by atoms with Crippen LogP contribution in [0.15, 0.2) is 12.2 Å². The van der Waals surface area contributed by atoms with Crippen molar-refractivity contribution in [2.45, 2.75) is 45.6 Å². The molecule has 76 valence electrons. The van der Waals surface area contributed by atoms with Gasteiger partial charge in [0.15, 0.2) is 0 Å². The summed E-state index contributed by atoms with van der Waals surface area (Å²) in [5, 5.41) is 3.39. The van der Waals surface area contributed by atoms with Crippen LogP contribution in [0, 0.1) is 11.8 Å². The van der Waals surface area contributed by atoms with Crippen LogP contribution in [0.2, 0.25) is 0 Å². The van der Waals surface area contributed by atoms with Gasteiger partial charge in [0.05, 0.1) is 0 Å². The third-order valence-corrected chi connectivity index (χ3v) is 3.29. The number of hydrogen-bond acceptors (Lipinski definition) is 1. The van der Waals surface area contributed by atoms with Crippen LogP contribution in [0.1, 0.15) is 39.5 Å². The second-order valence-corrected chi connectivity index (χ2v) is 4.64. The van der Waals surface area contributed by atoms with Gasteiger partial charge in [0.2, 0.25) is 0 Å². The Morgan fingerprint density at radius 2 is 2.15 bits per heavy atom. The Morgan fingerprint density at radius 1 is 1.46 bits per heavy atom. The van der Waals surface area contributed by atoms with Crippen molar-refractivity contribution in [2.75, 3.05) is 7.05 Å². The van der Waals surface area contributed by atoms with E-state index in [-0.39, 0.29) is 0 Å². The van der Waals surface area contributed by atoms with Crippen LogP contribution in [-0.4, -0.2) is 13.1 Å². The first kappa shape index (κ1) is 10.8. The zero-order valence-corrected chi connectivity index (χ0v) is 9.27. The Morgan fingerprint density at radius 3 is 2.62 bits per heavy atom. The summed E-state index contributed by atoms with van der Waals surface area (Å²) in [5.41, 5.74) is 1.29. The molecule has 0 aliphatic heterocycles. The van der Waals surface area contributed by atoms with Crippen LogP contribution in [0.4, 0.5) is 0 Å². The molecule has 1 rings (SSSR count). The zero-order valence-electron chi connectivity index (χ0n) is 9.27. The van der Waals surface area contributed by atoms with Crippen molar-refractivity contribution in [3.05, 3.63) is 12.2 Å². The van der Waals surface area contributed by atoms with Crippen molar-refractivity contribution in [1.82, 2.24) is 5.32 Å². The maximum absolute atomic E-state index is 4.06. The minimum atomic E-state index is 0.544. The molecular formula is C12H23N. The third-order valence-electron chi connectivity index (χ3n) is 3.29. The summed E-state index contributed by atoms with van der Waals surface area (Å²) in [6.07, 6.45) is 5.57. The standard InChI is InChI=1S/C12H23N/c1-9(2)12(13-4)11-7-5-6-10(3)8-11/h10-13H,1,5-8H2,2-4H3. The normalized spacial score (nSPS) is 31.3. The fourth-order valence-electron chi connectivity index (χ4n) is 2.67. The van der Waals surface area contributed by atoms with Crippen LogP contribution in [0.5, 0.6) is 0 Å². The molecule has 0 aromatic heterocycles. The van der Waals surface area contributed by atoms with E-state index in [0.717, 1.165) is 11.8 Å². The van der Waals surface area contributed by atoms with Gasteiger partial charge in [-0.3, -0.25) is 0 Å². The highest BCUT2D eigenvalue weighted by Gasteiger charge is 2.25. The molecule has 0 aromatic carbocycles. The predicted molar refractivity (Wildman–Crippen MR) is 58.8 cm³/mol. The van der Waals surface area contributed by atoms with Crippen LogP contribution < -0.4 is 5.32 Å². The van der Waals surface area contributed by atoms with E-state index in [0.29, 0.717) is 6.04 Å². The highest BCUT2D eigenvalue weighted by Crippen LogP contribution is 2.32. The van der Waals surface area contributed by atoms with E-state index in [1.165, 1.54) is 31.3 Å². The Hall–Kier alpha value is -0.300. The SMILES string of the molecule is C=C(C)C(NC)C1CCCC(C)C1. The molecule has 3 unspecified atom stereocenters. The van der Waals surface area contributed by atoms with Crippen molar-refractivity contribution in [3.63, 3.8) is 0 Å². The number of hydrogen-bond donors (Lipinski definition) is 1. The minimum absolute atomic E-state index is 0.544. The average Bonchev–Trinajstić information content (AvgIpc) is 2.04. The molecular weight excluding hydrogens is 158 g/mol. The van der Waals surface area contributed by atoms with Crippen LogP contribution in [-0.2, 0) is 0 Å². The molecule has 1 N–H and O–H groups in total. The van der Waals surface area contributed by atoms with Gasteiger partial charge in [0, 0.05) is 6.04 Å². The van der Waals surface area contributed by atoms with E-state index in [2.05, 4.69) is 32.8 Å². The molecule has 0 spiro atoms. The number of rotatable bonds is 3. The van der Waals surface area contributed by atoms with E-state index in [1.54, 1.807) is 0 Å². The minimum Gasteiger partial charge on any atom is -0.313 e. The molecule has 0 heterocycles. The van der Waals surface area contributed by atoms with Gasteiger partial charge in [-0.15, -0.1) is 0 Å². The van der Waals surface area contributed by atoms with Crippen LogP contribution in [0.25, 0.3) is 0 Å². The number of nitrogens with one attached hydrogen (secondary N) is 1. The molecule has 1 aliphatic carbocycles. The smallest absolute Gasteiger partial charge is 0.0299 e. The van der Waals surface area contributed by atoms with Gasteiger partial charge < -0.3 is 5.32 Å². The maximum Gasteiger partial charge on any atom is 0.0299 e. The lowest BCUT2D eigenvalue weighted by atomic mass is 9.77. The summed E-state index contributed by atoms with van der Waals surface area (Å²) in [5.74, 6) is 1.74. The predicted octanol–water partition coefficient (Wildman–Crippen LogP) is 2.98. The maximum atomic E-state index is 4.06. The van der Waals surface area contributed by atoms with Crippen molar-refractivity contribution < 1.29 is 0 Å². The zero-order chi connectivity index (χ0) is 9.84. The lowest BCUT2D eigenvalue weighted by Gasteiger charge is -2.33. The monoisotopic (exact) mass is 181 g/mol. The van der Waals surface area contributed by atoms with E-state index in [9.17, 15) is 0 Å². The molecule has 0 bridgehead atoms. The van der Waals surface area contributed by atoms with Gasteiger partial charge in [0.25, 0.3) is 0 Å². The molecule has 1 aliphatic rings. The summed E-state index contributed by atoms with van der Waals surface area (Å²) in [4.78, 5) is 0. The third kappa shape index (κ3) is 2.84. The molecule has 1 nitrogen and oxygen atoms in total. The Kier molecular flexibility index (Phi) is 3.98. The lowest BCUT2D eigenvalue weighted by Crippen LogP contribution is -2.36. The number of likely N-dealkylation sites (N-methyl/N-ethyl adjacent to an activating group) is 1. The van der Waals surface area contributed by atoms with Gasteiger partial charge in [0.1, 0.15) is 0 Å². The summed E-state index contributed by atoms with van der Waals surface area (Å²) in [7, 11) is 2.05. The van der Waals surface area contributed by atoms with E-state index < -0.39 is 0 Å². The van der Waals surface area contributed by atoms with Gasteiger partial charge in [-0.1, -0.05) is 31.9 Å². The fourth-order valence-corrected chi connectivity index (χ4v) is 2.67. The first-order chi connectivity index (χ1) is 6.15. The van der Waals surface area contributed by atoms with Gasteiger partial charge in [-0.05, 0) is 38.6 Å². The van der Waals surface area contributed by atoms with Crippen LogP contribution >= 0.6 is 0 Å². The average molecular weight is 181 g/mol. The molecule has 13 heavy (non-hydrogen) atoms. The van der Waals surface area contributed by atoms with Crippen molar-refractivity contribution >= 4 is 0 Å². The molecule has 1 saturated carbocycles. The van der Waals surface area contributed by atoms with Crippen molar-refractivity contribution in [2.24, 2.45) is 11.8 Å². The lowest BCUT2D eigenvalue weighted by molar-refractivity contribution is 0.245. The Balaban J connectivity index is 2.52. The molecule has 0 saturated heterocycles. The molecule has 0 amide bonds. The Bertz CT molecular complexity index is 174. The van der Waals surface area contributed by atoms with E-state index >= 15 is 0 Å². The topological polar surface area (TPSA) is 12.0 Å². The van der Waals surface area contributed by atoms with Crippen molar-refractivity contribution in [1.29, 1.82) is 0 Å². The summed E-state index contributed by atoms with van der Waals surface area (Å²) < 4.78 is 0. The molecule has 3 atom stereocenters. The molecule has 0 radical (unpaired) electrons. The summed E-state index contributed by atoms with van der Waals surface area (Å²) in [6, 6.07) is 0.544. The fraction of sp³-hybridized carbons (Fsp3) is 0.833. The van der Waals surface area contributed by atoms with Crippen LogP contribution in [0.3, 0.4) is 0 Å². The summed E-state index contributed by atoms with van der Waals surface area (Å²) >= 11 is 0. The van der Waals surface area contributed by atoms with Gasteiger partial charge in [-0.2, -0.15) is 0 Å². The summed E-state index contributed by atoms with van der Waals surface area (Å²) in [6.45, 7) is 8.58. The largest absolute Gasteiger partial charge is 0.313 e. The first-order valence-corrected chi connectivity index (χ1v) is 5.47. The Labute approximate surface area is 82.6 Å². The second-order valence-electron chi connectivity index (χ2n) is 4.64. The van der Waals surface area contributed by atoms with Gasteiger partial charge in [-0.25, -0.2) is 0 Å². The highest BCUT2D eigenvalue weighted by molar-refractivity contribution is 5.04. The molecule has 1 fully saturated rings. The second kappa shape index (κ2) is 4.80. The van der Waals surface area contributed by atoms with E-state index in [4.69, 9.17) is 0 Å². The van der Waals surface area contributed by atoms with E-state index in [1.807, 2.05) is 0 Å².